The van der Waals surface area contributed by atoms with Crippen LogP contribution < -0.4 is 10.6 Å². The van der Waals surface area contributed by atoms with Gasteiger partial charge in [0.1, 0.15) is 11.0 Å². The Hall–Kier alpha value is -5.40. The summed E-state index contributed by atoms with van der Waals surface area (Å²) in [6.07, 6.45) is 8.20. The van der Waals surface area contributed by atoms with Crippen molar-refractivity contribution in [3.63, 3.8) is 0 Å². The number of benzene rings is 5. The minimum absolute atomic E-state index is 0.384. The summed E-state index contributed by atoms with van der Waals surface area (Å²) < 4.78 is 6.00. The topological polar surface area (TPSA) is 13.1 Å². The van der Waals surface area contributed by atoms with Crippen molar-refractivity contribution in [2.45, 2.75) is 19.3 Å². The van der Waals surface area contributed by atoms with Crippen molar-refractivity contribution in [1.82, 2.24) is 0 Å². The third-order valence-electron chi connectivity index (χ3n) is 9.60. The van der Waals surface area contributed by atoms with Crippen molar-refractivity contribution in [3.8, 4) is 33.4 Å². The van der Waals surface area contributed by atoms with Gasteiger partial charge in [-0.3, -0.25) is 0 Å². The Morgan fingerprint density at radius 1 is 0.682 bits per heavy atom. The van der Waals surface area contributed by atoms with Gasteiger partial charge in [-0.2, -0.15) is 0 Å². The normalized spacial score (nSPS) is 17.1. The molecule has 0 amide bonds. The van der Waals surface area contributed by atoms with Crippen LogP contribution >= 0.6 is 0 Å². The highest BCUT2D eigenvalue weighted by molar-refractivity contribution is 6.00. The van der Waals surface area contributed by atoms with Gasteiger partial charge in [-0.25, -0.2) is 0 Å². The van der Waals surface area contributed by atoms with Crippen LogP contribution in [0.25, 0.3) is 62.6 Å². The fourth-order valence-electron chi connectivity index (χ4n) is 7.72. The molecule has 0 saturated carbocycles. The Morgan fingerprint density at radius 2 is 1.34 bits per heavy atom. The summed E-state index contributed by atoms with van der Waals surface area (Å²) in [7, 11) is 0. The van der Waals surface area contributed by atoms with E-state index in [2.05, 4.69) is 141 Å². The van der Waals surface area contributed by atoms with Crippen LogP contribution in [0.3, 0.4) is 0 Å². The van der Waals surface area contributed by atoms with E-state index in [-0.39, 0.29) is 5.41 Å². The van der Waals surface area contributed by atoms with Crippen molar-refractivity contribution < 1.29 is 4.42 Å². The van der Waals surface area contributed by atoms with Crippen LogP contribution in [0.15, 0.2) is 144 Å². The molecule has 2 aliphatic rings. The first-order chi connectivity index (χ1) is 21.6. The molecule has 0 aliphatic heterocycles. The van der Waals surface area contributed by atoms with Crippen LogP contribution in [0.4, 0.5) is 0 Å². The van der Waals surface area contributed by atoms with E-state index >= 15 is 0 Å². The highest BCUT2D eigenvalue weighted by Crippen LogP contribution is 2.63. The molecule has 0 fully saturated rings. The Kier molecular flexibility index (Phi) is 5.86. The zero-order valence-corrected chi connectivity index (χ0v) is 25.0. The molecule has 1 nitrogen and oxygen atoms in total. The Morgan fingerprint density at radius 3 is 2.14 bits per heavy atom. The van der Waals surface area contributed by atoms with E-state index in [4.69, 9.17) is 4.42 Å². The predicted octanol–water partition coefficient (Wildman–Crippen LogP) is 9.82. The maximum absolute atomic E-state index is 6.00. The third kappa shape index (κ3) is 3.47. The molecule has 5 aromatic carbocycles. The lowest BCUT2D eigenvalue weighted by atomic mass is 9.69. The molecular formula is C43H32O. The highest BCUT2D eigenvalue weighted by Gasteiger charge is 2.51. The van der Waals surface area contributed by atoms with Crippen molar-refractivity contribution in [2.75, 3.05) is 0 Å². The zero-order chi connectivity index (χ0) is 30.0. The molecule has 1 unspecified atom stereocenters. The predicted molar refractivity (Wildman–Crippen MR) is 186 cm³/mol. The summed E-state index contributed by atoms with van der Waals surface area (Å²) in [6.45, 7) is 12.5. The first-order valence-corrected chi connectivity index (χ1v) is 15.2. The van der Waals surface area contributed by atoms with Crippen molar-refractivity contribution in [2.24, 2.45) is 0 Å². The lowest BCUT2D eigenvalue weighted by Crippen LogP contribution is -2.26. The van der Waals surface area contributed by atoms with E-state index in [9.17, 15) is 0 Å². The molecule has 6 aromatic rings. The molecular weight excluding hydrogens is 532 g/mol. The minimum Gasteiger partial charge on any atom is -0.456 e. The molecule has 2 aliphatic carbocycles. The molecule has 1 spiro atoms. The SMILES string of the molecule is C=C/C=C\C1=C(C)c2ccccc2C12c1ccccc1-c1c(-c3cccc(-c4ccc5o/c(=C/C)c(=C)c5c4)c3)cccc12. The molecule has 0 N–H and O–H groups in total. The summed E-state index contributed by atoms with van der Waals surface area (Å²) in [5, 5.41) is 1.99. The van der Waals surface area contributed by atoms with Crippen LogP contribution in [0, 0.1) is 0 Å². The van der Waals surface area contributed by atoms with Gasteiger partial charge in [-0.1, -0.05) is 122 Å². The van der Waals surface area contributed by atoms with Gasteiger partial charge in [0.2, 0.25) is 0 Å². The molecule has 8 rings (SSSR count). The summed E-state index contributed by atoms with van der Waals surface area (Å²) in [6, 6.07) is 40.1. The fourth-order valence-corrected chi connectivity index (χ4v) is 7.72. The van der Waals surface area contributed by atoms with Crippen LogP contribution in [-0.4, -0.2) is 0 Å². The van der Waals surface area contributed by atoms with E-state index in [1.54, 1.807) is 0 Å². The second-order valence-electron chi connectivity index (χ2n) is 11.7. The van der Waals surface area contributed by atoms with E-state index in [1.807, 2.05) is 19.1 Å². The van der Waals surface area contributed by atoms with Crippen LogP contribution in [0.2, 0.25) is 0 Å². The standard InChI is InChI=1S/C43H32O/c1-5-7-19-36-27(3)32-16-8-10-20-37(32)43(36)38-21-11-9-17-34(38)42-33(18-13-22-39(42)43)31-15-12-14-29(25-31)30-23-24-41-35(26-30)28(4)40(6-2)44-41/h5-26H,1,4H2,2-3H3/b19-7-,40-6+. The number of fused-ring (bicyclic) bond motifs is 8. The number of hydrogen-bond acceptors (Lipinski definition) is 1. The van der Waals surface area contributed by atoms with Crippen LogP contribution in [0.5, 0.6) is 0 Å². The van der Waals surface area contributed by atoms with Gasteiger partial charge in [-0.05, 0) is 105 Å². The maximum atomic E-state index is 6.00. The minimum atomic E-state index is -0.384. The van der Waals surface area contributed by atoms with Gasteiger partial charge in [0.15, 0.2) is 0 Å². The van der Waals surface area contributed by atoms with Gasteiger partial charge >= 0.3 is 0 Å². The molecule has 0 saturated heterocycles. The summed E-state index contributed by atoms with van der Waals surface area (Å²) in [5.74, 6) is 0. The second-order valence-corrected chi connectivity index (χ2v) is 11.7. The Bertz CT molecular complexity index is 2340. The molecule has 210 valence electrons. The summed E-state index contributed by atoms with van der Waals surface area (Å²) in [4.78, 5) is 0. The number of hydrogen-bond donors (Lipinski definition) is 0. The maximum Gasteiger partial charge on any atom is 0.135 e. The lowest BCUT2D eigenvalue weighted by Gasteiger charge is -2.31. The Labute approximate surface area is 258 Å². The Balaban J connectivity index is 1.37. The lowest BCUT2D eigenvalue weighted by molar-refractivity contribution is 0.575. The quantitative estimate of drug-likeness (QED) is 0.194. The van der Waals surface area contributed by atoms with E-state index in [1.165, 1.54) is 61.2 Å². The number of rotatable bonds is 4. The average molecular weight is 565 g/mol. The second kappa shape index (κ2) is 9.82. The van der Waals surface area contributed by atoms with Gasteiger partial charge in [0.05, 0.1) is 5.41 Å². The molecule has 1 heteroatoms. The largest absolute Gasteiger partial charge is 0.456 e. The van der Waals surface area contributed by atoms with Crippen molar-refractivity contribution in [3.05, 3.63) is 172 Å². The van der Waals surface area contributed by atoms with Crippen molar-refractivity contribution >= 4 is 29.2 Å². The molecule has 1 atom stereocenters. The number of allylic oxidation sites excluding steroid dienone is 5. The monoisotopic (exact) mass is 564 g/mol. The third-order valence-corrected chi connectivity index (χ3v) is 9.60. The van der Waals surface area contributed by atoms with Gasteiger partial charge in [-0.15, -0.1) is 0 Å². The van der Waals surface area contributed by atoms with Gasteiger partial charge < -0.3 is 4.42 Å². The number of furan rings is 1. The van der Waals surface area contributed by atoms with Crippen molar-refractivity contribution in [1.29, 1.82) is 0 Å². The highest BCUT2D eigenvalue weighted by atomic mass is 16.3. The molecule has 0 radical (unpaired) electrons. The average Bonchev–Trinajstić information content (AvgIpc) is 3.65. The van der Waals surface area contributed by atoms with Crippen LogP contribution in [-0.2, 0) is 5.41 Å². The van der Waals surface area contributed by atoms with E-state index in [0.29, 0.717) is 0 Å². The van der Waals surface area contributed by atoms with Gasteiger partial charge in [0.25, 0.3) is 0 Å². The van der Waals surface area contributed by atoms with E-state index in [0.717, 1.165) is 27.2 Å². The molecule has 1 heterocycles. The molecule has 44 heavy (non-hydrogen) atoms. The fraction of sp³-hybridized carbons (Fsp3) is 0.0698. The van der Waals surface area contributed by atoms with Gasteiger partial charge in [0, 0.05) is 10.6 Å². The van der Waals surface area contributed by atoms with Crippen LogP contribution in [0.1, 0.15) is 36.1 Å². The molecule has 0 bridgehead atoms. The smallest absolute Gasteiger partial charge is 0.135 e. The summed E-state index contributed by atoms with van der Waals surface area (Å²) >= 11 is 0. The first-order valence-electron chi connectivity index (χ1n) is 15.2. The molecule has 1 aromatic heterocycles. The summed E-state index contributed by atoms with van der Waals surface area (Å²) in [5.41, 5.74) is 16.6. The van der Waals surface area contributed by atoms with E-state index < -0.39 is 0 Å². The first kappa shape index (κ1) is 26.2. The zero-order valence-electron chi connectivity index (χ0n) is 25.0.